The summed E-state index contributed by atoms with van der Waals surface area (Å²) in [5.74, 6) is 0.627. The molecule has 0 aliphatic carbocycles. The van der Waals surface area contributed by atoms with Gasteiger partial charge < -0.3 is 14.0 Å². The molecule has 0 fully saturated rings. The van der Waals surface area contributed by atoms with Crippen LogP contribution in [0.2, 0.25) is 0 Å². The van der Waals surface area contributed by atoms with Crippen LogP contribution in [0.3, 0.4) is 0 Å². The molecule has 0 amide bonds. The standard InChI is InChI=1S/C46H32N2O2/c1-46(2)49-44-23-20-37(48-42-17-11-10-16-38(42)40-28-36(47-3)19-22-43(40)48)29-41(44)39-21-18-32(27-45(39)50-46)35-25-33(30-12-6-4-7-13-30)24-34(26-35)31-14-8-5-9-15-31/h4-29H,1-2H3. The molecule has 1 aromatic heterocycles. The SMILES string of the molecule is [C-]#[N+]c1ccc2c(c1)c1ccccc1n2-c1ccc2c(c1)-c1ccc(-c3cc(-c4ccccc4)cc(-c4ccccc4)c3)cc1OC(C)(C)O2. The number of ether oxygens (including phenoxy) is 2. The second-order valence-electron chi connectivity index (χ2n) is 13.2. The molecule has 1 aliphatic rings. The van der Waals surface area contributed by atoms with E-state index >= 15 is 0 Å². The molecule has 0 N–H and O–H groups in total. The number of para-hydroxylation sites is 1. The molecule has 0 spiro atoms. The molecule has 9 rings (SSSR count). The molecule has 1 aliphatic heterocycles. The van der Waals surface area contributed by atoms with Crippen molar-refractivity contribution in [1.29, 1.82) is 0 Å². The van der Waals surface area contributed by atoms with E-state index in [9.17, 15) is 0 Å². The Balaban J connectivity index is 1.21. The number of rotatable bonds is 4. The van der Waals surface area contributed by atoms with E-state index < -0.39 is 5.79 Å². The van der Waals surface area contributed by atoms with Crippen LogP contribution in [0.1, 0.15) is 13.8 Å². The zero-order valence-electron chi connectivity index (χ0n) is 27.7. The van der Waals surface area contributed by atoms with E-state index in [1.807, 2.05) is 44.2 Å². The van der Waals surface area contributed by atoms with Crippen molar-refractivity contribution in [2.75, 3.05) is 0 Å². The molecule has 50 heavy (non-hydrogen) atoms. The van der Waals surface area contributed by atoms with Crippen molar-refractivity contribution in [2.24, 2.45) is 0 Å². The normalized spacial score (nSPS) is 13.1. The average Bonchev–Trinajstić information content (AvgIpc) is 3.43. The first kappa shape index (κ1) is 29.6. The lowest BCUT2D eigenvalue weighted by Crippen LogP contribution is -2.34. The van der Waals surface area contributed by atoms with Crippen LogP contribution >= 0.6 is 0 Å². The number of benzene rings is 7. The fourth-order valence-corrected chi connectivity index (χ4v) is 7.21. The summed E-state index contributed by atoms with van der Waals surface area (Å²) in [6.45, 7) is 11.5. The summed E-state index contributed by atoms with van der Waals surface area (Å²) in [6.07, 6.45) is 0. The summed E-state index contributed by atoms with van der Waals surface area (Å²) in [7, 11) is 0. The number of fused-ring (bicyclic) bond motifs is 6. The van der Waals surface area contributed by atoms with Gasteiger partial charge in [-0.2, -0.15) is 0 Å². The average molecular weight is 645 g/mol. The molecule has 4 nitrogen and oxygen atoms in total. The lowest BCUT2D eigenvalue weighted by molar-refractivity contribution is -0.0778. The predicted molar refractivity (Wildman–Crippen MR) is 204 cm³/mol. The molecule has 0 bridgehead atoms. The van der Waals surface area contributed by atoms with Crippen LogP contribution in [0.4, 0.5) is 5.69 Å². The van der Waals surface area contributed by atoms with E-state index in [4.69, 9.17) is 16.0 Å². The predicted octanol–water partition coefficient (Wildman–Crippen LogP) is 12.5. The lowest BCUT2D eigenvalue weighted by Gasteiger charge is -2.26. The zero-order chi connectivity index (χ0) is 33.8. The van der Waals surface area contributed by atoms with E-state index in [1.54, 1.807) is 0 Å². The van der Waals surface area contributed by atoms with Gasteiger partial charge in [0, 0.05) is 36.0 Å². The summed E-state index contributed by atoms with van der Waals surface area (Å²) < 4.78 is 15.5. The van der Waals surface area contributed by atoms with E-state index in [0.717, 1.165) is 72.4 Å². The van der Waals surface area contributed by atoms with Crippen LogP contribution in [-0.4, -0.2) is 10.4 Å². The Bertz CT molecular complexity index is 2570. The summed E-state index contributed by atoms with van der Waals surface area (Å²) in [4.78, 5) is 3.70. The molecule has 0 radical (unpaired) electrons. The van der Waals surface area contributed by atoms with Crippen molar-refractivity contribution in [2.45, 2.75) is 19.6 Å². The largest absolute Gasteiger partial charge is 0.452 e. The molecular weight excluding hydrogens is 613 g/mol. The lowest BCUT2D eigenvalue weighted by atomic mass is 9.92. The van der Waals surface area contributed by atoms with E-state index in [0.29, 0.717) is 5.69 Å². The van der Waals surface area contributed by atoms with Crippen LogP contribution in [0.5, 0.6) is 11.5 Å². The highest BCUT2D eigenvalue weighted by molar-refractivity contribution is 6.10. The Morgan fingerprint density at radius 1 is 0.480 bits per heavy atom. The molecule has 2 heterocycles. The maximum absolute atomic E-state index is 7.59. The number of hydrogen-bond acceptors (Lipinski definition) is 2. The third-order valence-corrected chi connectivity index (χ3v) is 9.47. The highest BCUT2D eigenvalue weighted by Crippen LogP contribution is 2.46. The van der Waals surface area contributed by atoms with Crippen LogP contribution in [-0.2, 0) is 0 Å². The second kappa shape index (κ2) is 11.5. The van der Waals surface area contributed by atoms with Crippen LogP contribution < -0.4 is 9.47 Å². The molecule has 238 valence electrons. The fraction of sp³-hybridized carbons (Fsp3) is 0.0652. The van der Waals surface area contributed by atoms with Gasteiger partial charge in [0.25, 0.3) is 0 Å². The molecule has 4 heteroatoms. The number of nitrogens with zero attached hydrogens (tertiary/aromatic N) is 2. The summed E-state index contributed by atoms with van der Waals surface area (Å²) in [6, 6.07) is 54.9. The molecule has 0 atom stereocenters. The minimum atomic E-state index is -0.899. The van der Waals surface area contributed by atoms with E-state index in [-0.39, 0.29) is 0 Å². The van der Waals surface area contributed by atoms with Gasteiger partial charge in [0.05, 0.1) is 17.6 Å². The van der Waals surface area contributed by atoms with Crippen molar-refractivity contribution in [3.63, 3.8) is 0 Å². The second-order valence-corrected chi connectivity index (χ2v) is 13.2. The van der Waals surface area contributed by atoms with Crippen LogP contribution in [0.15, 0.2) is 158 Å². The molecule has 8 aromatic rings. The molecule has 0 unspecified atom stereocenters. The molecule has 7 aromatic carbocycles. The zero-order valence-corrected chi connectivity index (χ0v) is 27.7. The molecule has 0 saturated heterocycles. The van der Waals surface area contributed by atoms with Gasteiger partial charge in [0.1, 0.15) is 11.5 Å². The highest BCUT2D eigenvalue weighted by Gasteiger charge is 2.30. The number of hydrogen-bond donors (Lipinski definition) is 0. The quantitative estimate of drug-likeness (QED) is 0.178. The maximum Gasteiger partial charge on any atom is 0.245 e. The van der Waals surface area contributed by atoms with Gasteiger partial charge in [-0.25, -0.2) is 4.85 Å². The Morgan fingerprint density at radius 3 is 1.80 bits per heavy atom. The van der Waals surface area contributed by atoms with Crippen molar-refractivity contribution < 1.29 is 9.47 Å². The summed E-state index contributed by atoms with van der Waals surface area (Å²) in [5, 5.41) is 2.17. The van der Waals surface area contributed by atoms with Crippen LogP contribution in [0.25, 0.3) is 76.8 Å². The smallest absolute Gasteiger partial charge is 0.245 e. The summed E-state index contributed by atoms with van der Waals surface area (Å²) in [5.41, 5.74) is 12.5. The molecule has 0 saturated carbocycles. The monoisotopic (exact) mass is 644 g/mol. The number of aromatic nitrogens is 1. The first-order valence-corrected chi connectivity index (χ1v) is 16.8. The van der Waals surface area contributed by atoms with Crippen LogP contribution in [0, 0.1) is 6.57 Å². The first-order chi connectivity index (χ1) is 24.4. The van der Waals surface area contributed by atoms with Gasteiger partial charge in [0.15, 0.2) is 5.69 Å². The first-order valence-electron chi connectivity index (χ1n) is 16.8. The Labute approximate surface area is 291 Å². The van der Waals surface area contributed by atoms with Gasteiger partial charge in [-0.3, -0.25) is 0 Å². The van der Waals surface area contributed by atoms with Gasteiger partial charge >= 0.3 is 0 Å². The van der Waals surface area contributed by atoms with Crippen molar-refractivity contribution in [1.82, 2.24) is 4.57 Å². The third-order valence-electron chi connectivity index (χ3n) is 9.47. The van der Waals surface area contributed by atoms with Crippen molar-refractivity contribution >= 4 is 27.5 Å². The fourth-order valence-electron chi connectivity index (χ4n) is 7.21. The minimum absolute atomic E-state index is 0.630. The van der Waals surface area contributed by atoms with Crippen molar-refractivity contribution in [3.8, 4) is 61.7 Å². The Kier molecular flexibility index (Phi) is 6.82. The van der Waals surface area contributed by atoms with Gasteiger partial charge in [-0.15, -0.1) is 0 Å². The van der Waals surface area contributed by atoms with Gasteiger partial charge in [0.2, 0.25) is 5.79 Å². The Morgan fingerprint density at radius 2 is 1.10 bits per heavy atom. The molecular formula is C46H32N2O2. The van der Waals surface area contributed by atoms with Gasteiger partial charge in [-0.05, 0) is 105 Å². The topological polar surface area (TPSA) is 27.8 Å². The van der Waals surface area contributed by atoms with E-state index in [1.165, 1.54) is 11.1 Å². The highest BCUT2D eigenvalue weighted by atomic mass is 16.7. The maximum atomic E-state index is 7.59. The van der Waals surface area contributed by atoms with Gasteiger partial charge in [-0.1, -0.05) is 91.0 Å². The van der Waals surface area contributed by atoms with Crippen molar-refractivity contribution in [3.05, 3.63) is 169 Å². The Hall–Kier alpha value is -6.57. The van der Waals surface area contributed by atoms with E-state index in [2.05, 4.69) is 137 Å². The third kappa shape index (κ3) is 5.08. The summed E-state index contributed by atoms with van der Waals surface area (Å²) >= 11 is 0. The minimum Gasteiger partial charge on any atom is -0.452 e.